The fourth-order valence-electron chi connectivity index (χ4n) is 5.50. The summed E-state index contributed by atoms with van der Waals surface area (Å²) in [5.41, 5.74) is 5.23. The first kappa shape index (κ1) is 29.4. The number of rotatable bonds is 4. The van der Waals surface area contributed by atoms with Crippen LogP contribution in [0.25, 0.3) is 33.4 Å². The van der Waals surface area contributed by atoms with Crippen LogP contribution in [0.1, 0.15) is 11.1 Å². The van der Waals surface area contributed by atoms with Gasteiger partial charge in [-0.05, 0) is 74.5 Å². The van der Waals surface area contributed by atoms with E-state index in [2.05, 4.69) is 20.0 Å². The molecular formula is C34H24Cl2N6O4. The Labute approximate surface area is 270 Å². The highest BCUT2D eigenvalue weighted by Crippen LogP contribution is 2.28. The Morgan fingerprint density at radius 1 is 0.565 bits per heavy atom. The van der Waals surface area contributed by atoms with E-state index >= 15 is 0 Å². The van der Waals surface area contributed by atoms with Gasteiger partial charge in [0.05, 0.1) is 44.8 Å². The van der Waals surface area contributed by atoms with Crippen molar-refractivity contribution < 1.29 is 9.59 Å². The van der Waals surface area contributed by atoms with Gasteiger partial charge in [-0.25, -0.2) is 19.6 Å². The molecule has 2 aromatic heterocycles. The van der Waals surface area contributed by atoms with Gasteiger partial charge in [0.25, 0.3) is 0 Å². The van der Waals surface area contributed by atoms with Crippen molar-refractivity contribution in [3.05, 3.63) is 117 Å². The van der Waals surface area contributed by atoms with E-state index < -0.39 is 22.3 Å². The molecule has 2 unspecified atom stereocenters. The third-order valence-corrected chi connectivity index (χ3v) is 8.67. The van der Waals surface area contributed by atoms with Gasteiger partial charge >= 0.3 is 11.4 Å². The lowest BCUT2D eigenvalue weighted by atomic mass is 9.92. The molecule has 0 bridgehead atoms. The lowest BCUT2D eigenvalue weighted by Crippen LogP contribution is -2.50. The smallest absolute Gasteiger partial charge is 0.305 e. The van der Waals surface area contributed by atoms with Gasteiger partial charge in [0.15, 0.2) is 0 Å². The first-order valence-corrected chi connectivity index (χ1v) is 15.1. The zero-order valence-corrected chi connectivity index (χ0v) is 25.9. The summed E-state index contributed by atoms with van der Waals surface area (Å²) in [6, 6.07) is 24.9. The summed E-state index contributed by atoms with van der Waals surface area (Å²) in [4.78, 5) is 66.7. The number of aryl methyl sites for hydroxylation is 2. The molecule has 0 amide bonds. The predicted molar refractivity (Wildman–Crippen MR) is 181 cm³/mol. The molecule has 228 valence electrons. The number of nitrogens with one attached hydrogen (secondary N) is 2. The number of imidazole rings is 2. The van der Waals surface area contributed by atoms with Crippen molar-refractivity contribution >= 4 is 79.6 Å². The van der Waals surface area contributed by atoms with Crippen LogP contribution in [0.15, 0.2) is 105 Å². The van der Waals surface area contributed by atoms with E-state index in [9.17, 15) is 19.2 Å². The number of fused-ring (bicyclic) bond motifs is 2. The van der Waals surface area contributed by atoms with Crippen LogP contribution in [0.4, 0.5) is 11.4 Å². The van der Waals surface area contributed by atoms with Crippen LogP contribution < -0.4 is 11.4 Å². The number of carbonyl (C=O) groups is 2. The molecule has 1 aliphatic rings. The van der Waals surface area contributed by atoms with Crippen LogP contribution in [0.2, 0.25) is 0 Å². The molecule has 1 fully saturated rings. The Morgan fingerprint density at radius 3 is 1.30 bits per heavy atom. The molecule has 4 aromatic carbocycles. The van der Waals surface area contributed by atoms with Crippen molar-refractivity contribution in [3.63, 3.8) is 0 Å². The third kappa shape index (κ3) is 5.01. The van der Waals surface area contributed by atoms with E-state index in [0.717, 1.165) is 11.1 Å². The number of aromatic amines is 2. The lowest BCUT2D eigenvalue weighted by molar-refractivity contribution is -0.116. The minimum Gasteiger partial charge on any atom is -0.305 e. The van der Waals surface area contributed by atoms with Crippen molar-refractivity contribution in [2.45, 2.75) is 24.6 Å². The zero-order chi connectivity index (χ0) is 32.3. The average Bonchev–Trinajstić information content (AvgIpc) is 3.55. The van der Waals surface area contributed by atoms with E-state index in [1.54, 1.807) is 36.4 Å². The van der Waals surface area contributed by atoms with Crippen molar-refractivity contribution in [1.29, 1.82) is 0 Å². The van der Waals surface area contributed by atoms with Crippen LogP contribution in [-0.4, -0.2) is 52.8 Å². The summed E-state index contributed by atoms with van der Waals surface area (Å²) < 4.78 is 3.07. The highest BCUT2D eigenvalue weighted by atomic mass is 35.5. The number of H-pyrrole nitrogens is 2. The molecule has 1 saturated carbocycles. The second kappa shape index (κ2) is 11.2. The normalized spacial score (nSPS) is 18.8. The molecule has 0 saturated heterocycles. The maximum atomic E-state index is 13.4. The van der Waals surface area contributed by atoms with E-state index in [0.29, 0.717) is 44.8 Å². The van der Waals surface area contributed by atoms with Crippen LogP contribution in [-0.2, 0) is 9.59 Å². The Kier molecular flexibility index (Phi) is 7.18. The second-order valence-electron chi connectivity index (χ2n) is 11.1. The van der Waals surface area contributed by atoms with Gasteiger partial charge in [0.2, 0.25) is 11.6 Å². The monoisotopic (exact) mass is 650 g/mol. The van der Waals surface area contributed by atoms with E-state index in [4.69, 9.17) is 23.2 Å². The number of alkyl halides is 2. The summed E-state index contributed by atoms with van der Waals surface area (Å²) in [6.45, 7) is 3.92. The second-order valence-corrected chi connectivity index (χ2v) is 11.9. The number of carbonyl (C=O) groups excluding carboxylic acids is 2. The fraction of sp³-hybridized carbons (Fsp3) is 0.118. The van der Waals surface area contributed by atoms with Crippen molar-refractivity contribution in [2.75, 3.05) is 0 Å². The van der Waals surface area contributed by atoms with E-state index in [1.807, 2.05) is 62.4 Å². The quantitative estimate of drug-likeness (QED) is 0.234. The summed E-state index contributed by atoms with van der Waals surface area (Å²) in [7, 11) is 0. The minimum absolute atomic E-state index is 0.222. The van der Waals surface area contributed by atoms with Gasteiger partial charge < -0.3 is 9.97 Å². The molecular weight excluding hydrogens is 627 g/mol. The van der Waals surface area contributed by atoms with Crippen LogP contribution in [0.5, 0.6) is 0 Å². The molecule has 1 aliphatic carbocycles. The Morgan fingerprint density at radius 2 is 0.935 bits per heavy atom. The Hall–Kier alpha value is -5.32. The predicted octanol–water partition coefficient (Wildman–Crippen LogP) is 5.78. The molecule has 0 radical (unpaired) electrons. The number of ketones is 2. The molecule has 7 rings (SSSR count). The molecule has 0 spiro atoms. The number of aromatic nitrogens is 4. The molecule has 12 heteroatoms. The van der Waals surface area contributed by atoms with E-state index in [1.165, 1.54) is 9.13 Å². The fourth-order valence-corrected chi connectivity index (χ4v) is 6.03. The molecule has 2 N–H and O–H groups in total. The first-order chi connectivity index (χ1) is 22.1. The van der Waals surface area contributed by atoms with Crippen molar-refractivity contribution in [2.24, 2.45) is 9.98 Å². The first-order valence-electron chi connectivity index (χ1n) is 14.3. The Bertz CT molecular complexity index is 2230. The molecule has 2 heterocycles. The number of halogens is 2. The number of hydrogen-bond acceptors (Lipinski definition) is 6. The highest BCUT2D eigenvalue weighted by molar-refractivity contribution is 6.79. The minimum atomic E-state index is -1.43. The maximum Gasteiger partial charge on any atom is 0.331 e. The molecule has 46 heavy (non-hydrogen) atoms. The molecule has 6 aromatic rings. The Balaban J connectivity index is 1.19. The largest absolute Gasteiger partial charge is 0.331 e. The SMILES string of the molecule is Cc1ccc(-n2c(=O)[nH]c3cc(N=C4C(=O)C(Cl)C(=Nc5ccc6c(c5)[nH]c(=O)n6-c5ccc(C)cc5)C(=O)C4Cl)ccc32)cc1. The summed E-state index contributed by atoms with van der Waals surface area (Å²) in [6.07, 6.45) is 0. The average molecular weight is 652 g/mol. The number of Topliss-reactive ketones (excluding diaryl/α,β-unsaturated/α-hetero) is 2. The standard InChI is InChI=1S/C34H24Cl2N6O4/c1-17-3-9-21(10-4-17)41-25-13-7-19(15-23(25)39-33(41)45)37-29-27(35)32(44)30(28(36)31(29)43)38-20-8-14-26-24(16-20)40-34(46)42(26)22-11-5-18(2)6-12-22/h3-16,27-28H,1-2H3,(H,39,45)(H,40,46). The van der Waals surface area contributed by atoms with Crippen LogP contribution in [0.3, 0.4) is 0 Å². The van der Waals surface area contributed by atoms with Crippen molar-refractivity contribution in [3.8, 4) is 11.4 Å². The summed E-state index contributed by atoms with van der Waals surface area (Å²) in [5.74, 6) is -1.32. The topological polar surface area (TPSA) is 134 Å². The lowest BCUT2D eigenvalue weighted by Gasteiger charge is -2.22. The van der Waals surface area contributed by atoms with Gasteiger partial charge in [0.1, 0.15) is 22.2 Å². The number of benzene rings is 4. The number of hydrogen-bond donors (Lipinski definition) is 2. The van der Waals surface area contributed by atoms with Crippen LogP contribution in [0, 0.1) is 13.8 Å². The summed E-state index contributed by atoms with van der Waals surface area (Å²) >= 11 is 13.0. The van der Waals surface area contributed by atoms with Gasteiger partial charge in [0, 0.05) is 0 Å². The van der Waals surface area contributed by atoms with Gasteiger partial charge in [-0.3, -0.25) is 18.7 Å². The van der Waals surface area contributed by atoms with Crippen molar-refractivity contribution in [1.82, 2.24) is 19.1 Å². The number of nitrogens with zero attached hydrogens (tertiary/aromatic N) is 4. The van der Waals surface area contributed by atoms with Gasteiger partial charge in [-0.2, -0.15) is 0 Å². The molecule has 10 nitrogen and oxygen atoms in total. The molecule has 0 aliphatic heterocycles. The van der Waals surface area contributed by atoms with Gasteiger partial charge in [-0.1, -0.05) is 35.4 Å². The zero-order valence-electron chi connectivity index (χ0n) is 24.4. The number of aliphatic imine (C=N–C) groups is 2. The maximum absolute atomic E-state index is 13.4. The molecule has 2 atom stereocenters. The third-order valence-electron chi connectivity index (χ3n) is 7.86. The van der Waals surface area contributed by atoms with E-state index in [-0.39, 0.29) is 22.8 Å². The highest BCUT2D eigenvalue weighted by Gasteiger charge is 2.44. The van der Waals surface area contributed by atoms with Gasteiger partial charge in [-0.15, -0.1) is 23.2 Å². The van der Waals surface area contributed by atoms with Crippen LogP contribution >= 0.6 is 23.2 Å². The summed E-state index contributed by atoms with van der Waals surface area (Å²) in [5, 5.41) is -2.86.